The number of halogens is 1. The predicted octanol–water partition coefficient (Wildman–Crippen LogP) is 5.51. The topological polar surface area (TPSA) is 41.6 Å². The Morgan fingerprint density at radius 2 is 1.82 bits per heavy atom. The van der Waals surface area contributed by atoms with Gasteiger partial charge in [0.15, 0.2) is 0 Å². The molecule has 0 atom stereocenters. The lowest BCUT2D eigenvalue weighted by atomic mass is 9.94. The molecule has 0 spiro atoms. The van der Waals surface area contributed by atoms with E-state index in [0.717, 1.165) is 17.8 Å². The second-order valence-corrected chi connectivity index (χ2v) is 7.85. The predicted molar refractivity (Wildman–Crippen MR) is 115 cm³/mol. The summed E-state index contributed by atoms with van der Waals surface area (Å²) >= 11 is 6.07. The van der Waals surface area contributed by atoms with Crippen LogP contribution in [0.2, 0.25) is 5.02 Å². The van der Waals surface area contributed by atoms with Gasteiger partial charge in [0.2, 0.25) is 5.91 Å². The molecule has 2 aromatic rings. The van der Waals surface area contributed by atoms with Crippen molar-refractivity contribution in [3.05, 3.63) is 59.1 Å². The molecule has 0 aromatic heterocycles. The van der Waals surface area contributed by atoms with E-state index in [2.05, 4.69) is 23.3 Å². The highest BCUT2D eigenvalue weighted by molar-refractivity contribution is 6.32. The minimum Gasteiger partial charge on any atom is -0.491 e. The number of nitrogens with zero attached hydrogens (tertiary/aromatic N) is 1. The number of anilines is 1. The van der Waals surface area contributed by atoms with Gasteiger partial charge in [-0.15, -0.1) is 0 Å². The van der Waals surface area contributed by atoms with E-state index in [1.54, 1.807) is 12.1 Å². The van der Waals surface area contributed by atoms with E-state index in [4.69, 9.17) is 16.3 Å². The number of rotatable bonds is 8. The summed E-state index contributed by atoms with van der Waals surface area (Å²) in [6.45, 7) is 1.14. The first-order valence-electron chi connectivity index (χ1n) is 10.1. The van der Waals surface area contributed by atoms with E-state index in [1.165, 1.54) is 32.1 Å². The first-order valence-corrected chi connectivity index (χ1v) is 10.5. The van der Waals surface area contributed by atoms with Crippen LogP contribution in [0.4, 0.5) is 5.69 Å². The van der Waals surface area contributed by atoms with Crippen LogP contribution in [0, 0.1) is 0 Å². The molecule has 4 nitrogen and oxygen atoms in total. The second kappa shape index (κ2) is 10.5. The van der Waals surface area contributed by atoms with E-state index < -0.39 is 0 Å². The standard InChI is InChI=1S/C23H29ClN2O2/c1-26(19-10-3-2-4-11-19)17-18-9-5-7-13-21(18)25-23(27)15-16-28-22-14-8-6-12-20(22)24/h5-9,12-14,19H,2-4,10-11,15-17H2,1H3,(H,25,27). The molecule has 2 aromatic carbocycles. The van der Waals surface area contributed by atoms with Crippen molar-refractivity contribution in [3.63, 3.8) is 0 Å². The van der Waals surface area contributed by atoms with Crippen molar-refractivity contribution in [1.82, 2.24) is 4.90 Å². The average molecular weight is 401 g/mol. The monoisotopic (exact) mass is 400 g/mol. The molecule has 28 heavy (non-hydrogen) atoms. The van der Waals surface area contributed by atoms with Gasteiger partial charge in [-0.3, -0.25) is 9.69 Å². The SMILES string of the molecule is CN(Cc1ccccc1NC(=O)CCOc1ccccc1Cl)C1CCCCC1. The van der Waals surface area contributed by atoms with Crippen molar-refractivity contribution in [2.75, 3.05) is 19.0 Å². The Bertz CT molecular complexity index is 775. The molecule has 1 aliphatic carbocycles. The molecule has 1 saturated carbocycles. The Morgan fingerprint density at radius 1 is 1.11 bits per heavy atom. The van der Waals surface area contributed by atoms with Crippen LogP contribution in [0.5, 0.6) is 5.75 Å². The fourth-order valence-electron chi connectivity index (χ4n) is 3.73. The molecular weight excluding hydrogens is 372 g/mol. The Morgan fingerprint density at radius 3 is 2.61 bits per heavy atom. The lowest BCUT2D eigenvalue weighted by Crippen LogP contribution is -2.33. The maximum atomic E-state index is 12.4. The summed E-state index contributed by atoms with van der Waals surface area (Å²) in [5, 5.41) is 3.60. The summed E-state index contributed by atoms with van der Waals surface area (Å²) in [6, 6.07) is 16.0. The lowest BCUT2D eigenvalue weighted by Gasteiger charge is -2.31. The van der Waals surface area contributed by atoms with Gasteiger partial charge in [-0.1, -0.05) is 61.2 Å². The van der Waals surface area contributed by atoms with Gasteiger partial charge < -0.3 is 10.1 Å². The smallest absolute Gasteiger partial charge is 0.227 e. The highest BCUT2D eigenvalue weighted by Gasteiger charge is 2.19. The van der Waals surface area contributed by atoms with Gasteiger partial charge in [-0.25, -0.2) is 0 Å². The van der Waals surface area contributed by atoms with Crippen LogP contribution < -0.4 is 10.1 Å². The van der Waals surface area contributed by atoms with E-state index in [9.17, 15) is 4.79 Å². The third-order valence-electron chi connectivity index (χ3n) is 5.33. The van der Waals surface area contributed by atoms with E-state index in [-0.39, 0.29) is 12.3 Å². The van der Waals surface area contributed by atoms with Gasteiger partial charge in [-0.2, -0.15) is 0 Å². The van der Waals surface area contributed by atoms with Crippen molar-refractivity contribution in [2.24, 2.45) is 0 Å². The number of carbonyl (C=O) groups excluding carboxylic acids is 1. The molecule has 0 bridgehead atoms. The molecule has 1 amide bonds. The number of nitrogens with one attached hydrogen (secondary N) is 1. The average Bonchev–Trinajstić information content (AvgIpc) is 2.71. The van der Waals surface area contributed by atoms with Gasteiger partial charge >= 0.3 is 0 Å². The molecule has 1 aliphatic rings. The molecule has 0 radical (unpaired) electrons. The van der Waals surface area contributed by atoms with Gasteiger partial charge in [0, 0.05) is 18.3 Å². The molecule has 150 valence electrons. The van der Waals surface area contributed by atoms with Crippen LogP contribution >= 0.6 is 11.6 Å². The molecule has 5 heteroatoms. The molecule has 0 heterocycles. The highest BCUT2D eigenvalue weighted by atomic mass is 35.5. The van der Waals surface area contributed by atoms with Crippen molar-refractivity contribution in [1.29, 1.82) is 0 Å². The molecular formula is C23H29ClN2O2. The van der Waals surface area contributed by atoms with Gasteiger partial charge in [0.25, 0.3) is 0 Å². The zero-order valence-corrected chi connectivity index (χ0v) is 17.3. The Kier molecular flexibility index (Phi) is 7.75. The minimum absolute atomic E-state index is 0.0557. The van der Waals surface area contributed by atoms with Crippen molar-refractivity contribution < 1.29 is 9.53 Å². The highest BCUT2D eigenvalue weighted by Crippen LogP contribution is 2.25. The first kappa shape index (κ1) is 20.7. The number of hydrogen-bond donors (Lipinski definition) is 1. The van der Waals surface area contributed by atoms with Crippen molar-refractivity contribution in [3.8, 4) is 5.75 Å². The third kappa shape index (κ3) is 5.98. The maximum absolute atomic E-state index is 12.4. The second-order valence-electron chi connectivity index (χ2n) is 7.44. The van der Waals surface area contributed by atoms with Gasteiger partial charge in [0.1, 0.15) is 5.75 Å². The third-order valence-corrected chi connectivity index (χ3v) is 5.64. The van der Waals surface area contributed by atoms with Crippen LogP contribution in [-0.4, -0.2) is 30.5 Å². The Balaban J connectivity index is 1.52. The normalized spacial score (nSPS) is 14.8. The molecule has 1 fully saturated rings. The zero-order valence-electron chi connectivity index (χ0n) is 16.5. The molecule has 3 rings (SSSR count). The first-order chi connectivity index (χ1) is 13.6. The number of para-hydroxylation sites is 2. The molecule has 1 N–H and O–H groups in total. The fraction of sp³-hybridized carbons (Fsp3) is 0.435. The number of hydrogen-bond acceptors (Lipinski definition) is 3. The lowest BCUT2D eigenvalue weighted by molar-refractivity contribution is -0.116. The Labute approximate surface area is 172 Å². The fourth-order valence-corrected chi connectivity index (χ4v) is 3.92. The van der Waals surface area contributed by atoms with Crippen LogP contribution in [0.3, 0.4) is 0 Å². The largest absolute Gasteiger partial charge is 0.491 e. The quantitative estimate of drug-likeness (QED) is 0.635. The summed E-state index contributed by atoms with van der Waals surface area (Å²) < 4.78 is 5.62. The molecule has 0 saturated heterocycles. The number of carbonyl (C=O) groups is 1. The van der Waals surface area contributed by atoms with Crippen LogP contribution in [0.25, 0.3) is 0 Å². The molecule has 0 unspecified atom stereocenters. The van der Waals surface area contributed by atoms with Crippen molar-refractivity contribution in [2.45, 2.75) is 51.1 Å². The summed E-state index contributed by atoms with van der Waals surface area (Å²) in [5.41, 5.74) is 2.03. The van der Waals surface area contributed by atoms with Crippen LogP contribution in [0.15, 0.2) is 48.5 Å². The van der Waals surface area contributed by atoms with E-state index >= 15 is 0 Å². The summed E-state index contributed by atoms with van der Waals surface area (Å²) in [6.07, 6.45) is 6.80. The van der Waals surface area contributed by atoms with E-state index in [1.807, 2.05) is 30.3 Å². The maximum Gasteiger partial charge on any atom is 0.227 e. The summed E-state index contributed by atoms with van der Waals surface area (Å²) in [4.78, 5) is 14.8. The van der Waals surface area contributed by atoms with E-state index in [0.29, 0.717) is 23.4 Å². The number of benzene rings is 2. The number of ether oxygens (including phenoxy) is 1. The summed E-state index contributed by atoms with van der Waals surface area (Å²) in [7, 11) is 2.19. The summed E-state index contributed by atoms with van der Waals surface area (Å²) in [5.74, 6) is 0.547. The zero-order chi connectivity index (χ0) is 19.8. The van der Waals surface area contributed by atoms with Crippen LogP contribution in [-0.2, 0) is 11.3 Å². The van der Waals surface area contributed by atoms with Crippen molar-refractivity contribution >= 4 is 23.2 Å². The number of amides is 1. The Hall–Kier alpha value is -2.04. The van der Waals surface area contributed by atoms with Crippen LogP contribution in [0.1, 0.15) is 44.1 Å². The van der Waals surface area contributed by atoms with Gasteiger partial charge in [-0.05, 0) is 43.7 Å². The van der Waals surface area contributed by atoms with Gasteiger partial charge in [0.05, 0.1) is 18.1 Å². The minimum atomic E-state index is -0.0557. The molecule has 0 aliphatic heterocycles.